The van der Waals surface area contributed by atoms with E-state index in [4.69, 9.17) is 9.47 Å². The zero-order chi connectivity index (χ0) is 18.0. The van der Waals surface area contributed by atoms with Crippen molar-refractivity contribution in [3.8, 4) is 5.75 Å². The predicted octanol–water partition coefficient (Wildman–Crippen LogP) is 2.39. The molecule has 0 amide bonds. The third-order valence-electron chi connectivity index (χ3n) is 4.55. The van der Waals surface area contributed by atoms with E-state index in [1.165, 1.54) is 10.9 Å². The van der Waals surface area contributed by atoms with Crippen molar-refractivity contribution in [2.45, 2.75) is 39.3 Å². The highest BCUT2D eigenvalue weighted by atomic mass is 16.6. The summed E-state index contributed by atoms with van der Waals surface area (Å²) in [4.78, 5) is 7.72. The van der Waals surface area contributed by atoms with Gasteiger partial charge in [-0.15, -0.1) is 0 Å². The number of piperazine rings is 1. The molecule has 1 fully saturated rings. The molecule has 0 bridgehead atoms. The molecule has 25 heavy (non-hydrogen) atoms. The molecule has 1 aliphatic rings. The van der Waals surface area contributed by atoms with Gasteiger partial charge in [0.2, 0.25) is 6.41 Å². The van der Waals surface area contributed by atoms with Crippen LogP contribution in [0, 0.1) is 0 Å². The van der Waals surface area contributed by atoms with Crippen molar-refractivity contribution >= 4 is 10.9 Å². The average molecular weight is 347 g/mol. The number of H-pyrrole nitrogens is 1. The molecule has 0 spiro atoms. The van der Waals surface area contributed by atoms with Crippen LogP contribution in [-0.2, 0) is 11.3 Å². The molecular weight excluding hydrogens is 318 g/mol. The van der Waals surface area contributed by atoms with E-state index in [-0.39, 0.29) is 5.60 Å². The Morgan fingerprint density at radius 1 is 1.20 bits per heavy atom. The zero-order valence-electron chi connectivity index (χ0n) is 15.6. The van der Waals surface area contributed by atoms with Gasteiger partial charge in [-0.25, -0.2) is 0 Å². The second-order valence-corrected chi connectivity index (χ2v) is 7.59. The molecule has 1 unspecified atom stereocenters. The van der Waals surface area contributed by atoms with Crippen LogP contribution in [0.1, 0.15) is 26.3 Å². The summed E-state index contributed by atoms with van der Waals surface area (Å²) in [6.07, 6.45) is 1.24. The molecule has 2 aromatic rings. The van der Waals surface area contributed by atoms with Crippen molar-refractivity contribution in [1.29, 1.82) is 0 Å². The number of aromatic amines is 1. The van der Waals surface area contributed by atoms with Gasteiger partial charge in [0, 0.05) is 49.8 Å². The van der Waals surface area contributed by atoms with Crippen LogP contribution < -0.4 is 4.74 Å². The predicted molar refractivity (Wildman–Crippen MR) is 98.5 cm³/mol. The fraction of sp³-hybridized carbons (Fsp3) is 0.579. The molecule has 3 rings (SSSR count). The van der Waals surface area contributed by atoms with E-state index in [0.29, 0.717) is 0 Å². The minimum Gasteiger partial charge on any atom is -0.497 e. The number of fused-ring (bicyclic) bond motifs is 1. The minimum absolute atomic E-state index is 0.348. The van der Waals surface area contributed by atoms with E-state index < -0.39 is 6.41 Å². The molecule has 1 aromatic heterocycles. The summed E-state index contributed by atoms with van der Waals surface area (Å²) in [7, 11) is 1.69. The van der Waals surface area contributed by atoms with Crippen LogP contribution in [-0.4, -0.2) is 65.2 Å². The van der Waals surface area contributed by atoms with Crippen LogP contribution in [0.25, 0.3) is 10.9 Å². The lowest BCUT2D eigenvalue weighted by molar-refractivity contribution is -0.244. The van der Waals surface area contributed by atoms with Gasteiger partial charge in [0.15, 0.2) is 0 Å². The molecular formula is C19H29N3O3. The lowest BCUT2D eigenvalue weighted by Crippen LogP contribution is -2.52. The van der Waals surface area contributed by atoms with Gasteiger partial charge in [-0.2, -0.15) is 0 Å². The van der Waals surface area contributed by atoms with Crippen molar-refractivity contribution in [3.05, 3.63) is 30.0 Å². The maximum absolute atomic E-state index is 10.2. The number of ether oxygens (including phenoxy) is 2. The number of hydrogen-bond donors (Lipinski definition) is 2. The number of hydrogen-bond acceptors (Lipinski definition) is 5. The number of aromatic nitrogens is 1. The summed E-state index contributed by atoms with van der Waals surface area (Å²) in [5, 5.41) is 11.4. The van der Waals surface area contributed by atoms with Gasteiger partial charge in [-0.1, -0.05) is 0 Å². The molecule has 6 nitrogen and oxygen atoms in total. The first-order chi connectivity index (χ1) is 11.9. The molecule has 0 aliphatic carbocycles. The summed E-state index contributed by atoms with van der Waals surface area (Å²) in [5.41, 5.74) is 2.05. The zero-order valence-corrected chi connectivity index (χ0v) is 15.6. The van der Waals surface area contributed by atoms with Crippen LogP contribution >= 0.6 is 0 Å². The minimum atomic E-state index is -0.834. The van der Waals surface area contributed by atoms with Crippen LogP contribution in [0.3, 0.4) is 0 Å². The summed E-state index contributed by atoms with van der Waals surface area (Å²) in [6, 6.07) is 6.10. The normalized spacial score (nSPS) is 18.6. The number of aliphatic hydroxyl groups is 1. The summed E-state index contributed by atoms with van der Waals surface area (Å²) >= 11 is 0. The second kappa shape index (κ2) is 7.33. The molecule has 2 heterocycles. The lowest BCUT2D eigenvalue weighted by Gasteiger charge is -2.38. The molecule has 138 valence electrons. The fourth-order valence-electron chi connectivity index (χ4n) is 3.19. The fourth-order valence-corrected chi connectivity index (χ4v) is 3.19. The van der Waals surface area contributed by atoms with Crippen LogP contribution in [0.4, 0.5) is 0 Å². The van der Waals surface area contributed by atoms with E-state index >= 15 is 0 Å². The molecule has 2 N–H and O–H groups in total. The van der Waals surface area contributed by atoms with Gasteiger partial charge in [0.25, 0.3) is 0 Å². The van der Waals surface area contributed by atoms with Crippen LogP contribution in [0.5, 0.6) is 5.75 Å². The third kappa shape index (κ3) is 4.52. The maximum atomic E-state index is 10.2. The number of nitrogens with one attached hydrogen (secondary N) is 1. The number of nitrogens with zero attached hydrogens (tertiary/aromatic N) is 2. The lowest BCUT2D eigenvalue weighted by atomic mass is 10.1. The third-order valence-corrected chi connectivity index (χ3v) is 4.55. The van der Waals surface area contributed by atoms with Gasteiger partial charge < -0.3 is 19.6 Å². The van der Waals surface area contributed by atoms with E-state index in [9.17, 15) is 5.11 Å². The van der Waals surface area contributed by atoms with Gasteiger partial charge in [-0.05, 0) is 44.5 Å². The number of methoxy groups -OCH3 is 1. The number of benzene rings is 1. The maximum Gasteiger partial charge on any atom is 0.216 e. The molecule has 6 heteroatoms. The summed E-state index contributed by atoms with van der Waals surface area (Å²) < 4.78 is 11.0. The van der Waals surface area contributed by atoms with Crippen LogP contribution in [0.2, 0.25) is 0 Å². The summed E-state index contributed by atoms with van der Waals surface area (Å²) in [6.45, 7) is 10.2. The smallest absolute Gasteiger partial charge is 0.216 e. The Bertz CT molecular complexity index is 699. The van der Waals surface area contributed by atoms with Crippen LogP contribution in [0.15, 0.2) is 24.4 Å². The Kier molecular flexibility index (Phi) is 5.34. The Hall–Kier alpha value is -1.60. The Morgan fingerprint density at radius 3 is 2.56 bits per heavy atom. The molecule has 1 atom stereocenters. The SMILES string of the molecule is COc1ccc2[nH]cc(CN3CCN(C(O)OC(C)(C)C)CC3)c2c1. The molecule has 1 aliphatic heterocycles. The second-order valence-electron chi connectivity index (χ2n) is 7.59. The Morgan fingerprint density at radius 2 is 1.92 bits per heavy atom. The van der Waals surface area contributed by atoms with Gasteiger partial charge in [-0.3, -0.25) is 9.80 Å². The van der Waals surface area contributed by atoms with E-state index in [1.54, 1.807) is 7.11 Å². The van der Waals surface area contributed by atoms with Crippen molar-refractivity contribution in [3.63, 3.8) is 0 Å². The van der Waals surface area contributed by atoms with Crippen molar-refractivity contribution in [1.82, 2.24) is 14.8 Å². The average Bonchev–Trinajstić information content (AvgIpc) is 2.96. The first-order valence-corrected chi connectivity index (χ1v) is 8.82. The standard InChI is InChI=1S/C19H29N3O3/c1-19(2,3)25-18(23)22-9-7-21(8-10-22)13-14-12-20-17-6-5-15(24-4)11-16(14)17/h5-6,11-12,18,20,23H,7-10,13H2,1-4H3. The number of rotatable bonds is 5. The first-order valence-electron chi connectivity index (χ1n) is 8.82. The van der Waals surface area contributed by atoms with Crippen molar-refractivity contribution in [2.75, 3.05) is 33.3 Å². The van der Waals surface area contributed by atoms with Crippen molar-refractivity contribution < 1.29 is 14.6 Å². The number of aliphatic hydroxyl groups excluding tert-OH is 1. The quantitative estimate of drug-likeness (QED) is 0.813. The van der Waals surface area contributed by atoms with E-state index in [0.717, 1.165) is 44.0 Å². The van der Waals surface area contributed by atoms with Crippen molar-refractivity contribution in [2.24, 2.45) is 0 Å². The van der Waals surface area contributed by atoms with Gasteiger partial charge in [0.05, 0.1) is 12.7 Å². The monoisotopic (exact) mass is 347 g/mol. The highest BCUT2D eigenvalue weighted by molar-refractivity contribution is 5.84. The molecule has 1 aromatic carbocycles. The van der Waals surface area contributed by atoms with E-state index in [2.05, 4.69) is 28.2 Å². The van der Waals surface area contributed by atoms with Gasteiger partial charge in [0.1, 0.15) is 5.75 Å². The first kappa shape index (κ1) is 18.2. The Balaban J connectivity index is 1.59. The molecule has 0 radical (unpaired) electrons. The highest BCUT2D eigenvalue weighted by Crippen LogP contribution is 2.25. The summed E-state index contributed by atoms with van der Waals surface area (Å²) in [5.74, 6) is 0.876. The molecule has 1 saturated heterocycles. The van der Waals surface area contributed by atoms with Gasteiger partial charge >= 0.3 is 0 Å². The van der Waals surface area contributed by atoms with E-state index in [1.807, 2.05) is 31.7 Å². The topological polar surface area (TPSA) is 61.0 Å². The Labute approximate surface area is 149 Å². The molecule has 0 saturated carbocycles. The largest absolute Gasteiger partial charge is 0.497 e. The highest BCUT2D eigenvalue weighted by Gasteiger charge is 2.26.